The molecule has 1 rings (SSSR count). The molecular formula is C16H23N3O4. The Balaban J connectivity index is 2.60. The first-order valence-electron chi connectivity index (χ1n) is 7.40. The smallest absolute Gasteiger partial charge is 0.329 e. The van der Waals surface area contributed by atoms with Crippen LogP contribution in [0.4, 0.5) is 0 Å². The standard InChI is InChI=1S/C16H23N3O4/c1-5-23-13-7-6-12(8-14(13)22-4)10-18-19-16(21)15(20)17-9-11(2)3/h6-8,10-11H,5,9H2,1-4H3,(H,17,20)(H,19,21)/b18-10-. The normalized spacial score (nSPS) is 10.7. The van der Waals surface area contributed by atoms with Gasteiger partial charge in [0.2, 0.25) is 0 Å². The lowest BCUT2D eigenvalue weighted by atomic mass is 10.2. The van der Waals surface area contributed by atoms with E-state index in [1.165, 1.54) is 6.21 Å². The Bertz CT molecular complexity index is 570. The molecule has 23 heavy (non-hydrogen) atoms. The van der Waals surface area contributed by atoms with Gasteiger partial charge in [0.25, 0.3) is 0 Å². The van der Waals surface area contributed by atoms with Crippen LogP contribution in [0.2, 0.25) is 0 Å². The van der Waals surface area contributed by atoms with E-state index in [9.17, 15) is 9.59 Å². The molecule has 2 amide bonds. The van der Waals surface area contributed by atoms with Crippen molar-refractivity contribution >= 4 is 18.0 Å². The van der Waals surface area contributed by atoms with Gasteiger partial charge >= 0.3 is 11.8 Å². The average molecular weight is 321 g/mol. The summed E-state index contributed by atoms with van der Waals surface area (Å²) >= 11 is 0. The van der Waals surface area contributed by atoms with E-state index >= 15 is 0 Å². The maximum absolute atomic E-state index is 11.5. The monoisotopic (exact) mass is 321 g/mol. The van der Waals surface area contributed by atoms with Gasteiger partial charge in [0.1, 0.15) is 0 Å². The third kappa shape index (κ3) is 6.37. The molecule has 0 saturated carbocycles. The molecule has 1 aromatic rings. The highest BCUT2D eigenvalue weighted by Gasteiger charge is 2.12. The van der Waals surface area contributed by atoms with Crippen molar-refractivity contribution in [3.63, 3.8) is 0 Å². The van der Waals surface area contributed by atoms with Gasteiger partial charge in [-0.25, -0.2) is 5.43 Å². The van der Waals surface area contributed by atoms with Gasteiger partial charge in [0, 0.05) is 6.54 Å². The van der Waals surface area contributed by atoms with Crippen LogP contribution < -0.4 is 20.2 Å². The molecule has 0 aliphatic heterocycles. The highest BCUT2D eigenvalue weighted by atomic mass is 16.5. The van der Waals surface area contributed by atoms with E-state index in [2.05, 4.69) is 15.8 Å². The molecule has 0 aliphatic rings. The molecule has 1 aromatic carbocycles. The molecule has 0 saturated heterocycles. The van der Waals surface area contributed by atoms with Gasteiger partial charge in [-0.2, -0.15) is 5.10 Å². The lowest BCUT2D eigenvalue weighted by Crippen LogP contribution is -2.39. The average Bonchev–Trinajstić information content (AvgIpc) is 2.53. The summed E-state index contributed by atoms with van der Waals surface area (Å²) in [7, 11) is 1.54. The Kier molecular flexibility index (Phi) is 7.59. The number of carbonyl (C=O) groups is 2. The van der Waals surface area contributed by atoms with Crippen molar-refractivity contribution in [1.29, 1.82) is 0 Å². The molecule has 0 aliphatic carbocycles. The van der Waals surface area contributed by atoms with Crippen LogP contribution in [0.15, 0.2) is 23.3 Å². The van der Waals surface area contributed by atoms with Gasteiger partial charge in [-0.15, -0.1) is 0 Å². The van der Waals surface area contributed by atoms with E-state index in [0.717, 1.165) is 0 Å². The minimum Gasteiger partial charge on any atom is -0.493 e. The van der Waals surface area contributed by atoms with E-state index in [4.69, 9.17) is 9.47 Å². The molecule has 7 heteroatoms. The van der Waals surface area contributed by atoms with Crippen molar-refractivity contribution in [2.24, 2.45) is 11.0 Å². The number of nitrogens with zero attached hydrogens (tertiary/aromatic N) is 1. The van der Waals surface area contributed by atoms with Gasteiger partial charge in [0.15, 0.2) is 11.5 Å². The van der Waals surface area contributed by atoms with Gasteiger partial charge in [-0.3, -0.25) is 9.59 Å². The van der Waals surface area contributed by atoms with Crippen molar-refractivity contribution in [2.75, 3.05) is 20.3 Å². The summed E-state index contributed by atoms with van der Waals surface area (Å²) in [5, 5.41) is 6.27. The summed E-state index contributed by atoms with van der Waals surface area (Å²) in [5.74, 6) is -0.0486. The van der Waals surface area contributed by atoms with E-state index in [-0.39, 0.29) is 5.92 Å². The Hall–Kier alpha value is -2.57. The second-order valence-corrected chi connectivity index (χ2v) is 5.15. The number of benzene rings is 1. The minimum atomic E-state index is -0.806. The summed E-state index contributed by atoms with van der Waals surface area (Å²) < 4.78 is 10.6. The zero-order valence-corrected chi connectivity index (χ0v) is 13.9. The number of nitrogens with one attached hydrogen (secondary N) is 2. The number of amides is 2. The molecule has 0 radical (unpaired) electrons. The third-order valence-electron chi connectivity index (χ3n) is 2.74. The number of rotatable bonds is 7. The van der Waals surface area contributed by atoms with Crippen LogP contribution in [-0.2, 0) is 9.59 Å². The largest absolute Gasteiger partial charge is 0.493 e. The number of carbonyl (C=O) groups excluding carboxylic acids is 2. The highest BCUT2D eigenvalue weighted by Crippen LogP contribution is 2.27. The number of hydrogen-bond donors (Lipinski definition) is 2. The van der Waals surface area contributed by atoms with Gasteiger partial charge in [0.05, 0.1) is 19.9 Å². The van der Waals surface area contributed by atoms with Gasteiger partial charge < -0.3 is 14.8 Å². The Morgan fingerprint density at radius 1 is 1.26 bits per heavy atom. The van der Waals surface area contributed by atoms with Crippen LogP contribution in [0.25, 0.3) is 0 Å². The second kappa shape index (κ2) is 9.45. The quantitative estimate of drug-likeness (QED) is 0.450. The van der Waals surface area contributed by atoms with E-state index < -0.39 is 11.8 Å². The SMILES string of the molecule is CCOc1ccc(/C=N\NC(=O)C(=O)NCC(C)C)cc1OC. The number of hydrazone groups is 1. The van der Waals surface area contributed by atoms with Crippen LogP contribution >= 0.6 is 0 Å². The lowest BCUT2D eigenvalue weighted by Gasteiger charge is -2.09. The molecule has 0 bridgehead atoms. The molecule has 126 valence electrons. The summed E-state index contributed by atoms with van der Waals surface area (Å²) in [4.78, 5) is 23.0. The summed E-state index contributed by atoms with van der Waals surface area (Å²) in [6.07, 6.45) is 1.42. The fourth-order valence-corrected chi connectivity index (χ4v) is 1.63. The fraction of sp³-hybridized carbons (Fsp3) is 0.438. The second-order valence-electron chi connectivity index (χ2n) is 5.15. The molecule has 2 N–H and O–H groups in total. The summed E-state index contributed by atoms with van der Waals surface area (Å²) in [6, 6.07) is 5.24. The molecule has 0 heterocycles. The van der Waals surface area contributed by atoms with E-state index in [0.29, 0.717) is 30.2 Å². The first-order valence-corrected chi connectivity index (χ1v) is 7.40. The summed E-state index contributed by atoms with van der Waals surface area (Å²) in [6.45, 7) is 6.73. The predicted octanol–water partition coefficient (Wildman–Crippen LogP) is 1.32. The molecule has 0 atom stereocenters. The van der Waals surface area contributed by atoms with Crippen molar-refractivity contribution in [3.05, 3.63) is 23.8 Å². The Labute approximate surface area is 136 Å². The zero-order chi connectivity index (χ0) is 17.2. The maximum Gasteiger partial charge on any atom is 0.329 e. The first kappa shape index (κ1) is 18.5. The van der Waals surface area contributed by atoms with Crippen molar-refractivity contribution < 1.29 is 19.1 Å². The molecular weight excluding hydrogens is 298 g/mol. The van der Waals surface area contributed by atoms with Crippen LogP contribution in [0.3, 0.4) is 0 Å². The topological polar surface area (TPSA) is 89.0 Å². The molecule has 0 fully saturated rings. The molecule has 0 aromatic heterocycles. The Morgan fingerprint density at radius 2 is 2.00 bits per heavy atom. The first-order chi connectivity index (χ1) is 11.0. The predicted molar refractivity (Wildman–Crippen MR) is 87.7 cm³/mol. The van der Waals surface area contributed by atoms with Gasteiger partial charge in [-0.1, -0.05) is 13.8 Å². The summed E-state index contributed by atoms with van der Waals surface area (Å²) in [5.41, 5.74) is 2.88. The van der Waals surface area contributed by atoms with Crippen molar-refractivity contribution in [1.82, 2.24) is 10.7 Å². The van der Waals surface area contributed by atoms with Crippen LogP contribution in [-0.4, -0.2) is 38.3 Å². The molecule has 0 spiro atoms. The van der Waals surface area contributed by atoms with E-state index in [1.807, 2.05) is 20.8 Å². The van der Waals surface area contributed by atoms with Crippen molar-refractivity contribution in [3.8, 4) is 11.5 Å². The van der Waals surface area contributed by atoms with Gasteiger partial charge in [-0.05, 0) is 36.6 Å². The molecule has 7 nitrogen and oxygen atoms in total. The third-order valence-corrected chi connectivity index (χ3v) is 2.74. The molecule has 0 unspecified atom stereocenters. The van der Waals surface area contributed by atoms with Crippen LogP contribution in [0, 0.1) is 5.92 Å². The van der Waals surface area contributed by atoms with Crippen LogP contribution in [0.1, 0.15) is 26.3 Å². The maximum atomic E-state index is 11.5. The highest BCUT2D eigenvalue weighted by molar-refractivity contribution is 6.35. The Morgan fingerprint density at radius 3 is 2.61 bits per heavy atom. The van der Waals surface area contributed by atoms with E-state index in [1.54, 1.807) is 25.3 Å². The number of hydrogen-bond acceptors (Lipinski definition) is 5. The zero-order valence-electron chi connectivity index (χ0n) is 13.9. The fourth-order valence-electron chi connectivity index (χ4n) is 1.63. The van der Waals surface area contributed by atoms with Crippen LogP contribution in [0.5, 0.6) is 11.5 Å². The number of ether oxygens (including phenoxy) is 2. The minimum absolute atomic E-state index is 0.270. The lowest BCUT2D eigenvalue weighted by molar-refractivity contribution is -0.139. The van der Waals surface area contributed by atoms with Crippen molar-refractivity contribution in [2.45, 2.75) is 20.8 Å². The number of methoxy groups -OCH3 is 1.